The van der Waals surface area contributed by atoms with Gasteiger partial charge in [0.05, 0.1) is 0 Å². The first-order valence-electron chi connectivity index (χ1n) is 10.4. The average Bonchev–Trinajstić information content (AvgIpc) is 2.80. The summed E-state index contributed by atoms with van der Waals surface area (Å²) < 4.78 is 0. The van der Waals surface area contributed by atoms with E-state index in [0.29, 0.717) is 11.7 Å². The first kappa shape index (κ1) is 19.8. The molecular formula is C28H26O2. The summed E-state index contributed by atoms with van der Waals surface area (Å²) in [5.41, 5.74) is 4.99. The minimum absolute atomic E-state index is 0.217. The van der Waals surface area contributed by atoms with Gasteiger partial charge in [-0.1, -0.05) is 84.9 Å². The molecule has 0 radical (unpaired) electrons. The van der Waals surface area contributed by atoms with E-state index in [4.69, 9.17) is 0 Å². The zero-order chi connectivity index (χ0) is 20.8. The monoisotopic (exact) mass is 394 g/mol. The Morgan fingerprint density at radius 3 is 1.53 bits per heavy atom. The molecule has 2 atom stereocenters. The molecule has 0 amide bonds. The molecule has 0 aliphatic carbocycles. The fourth-order valence-electron chi connectivity index (χ4n) is 4.12. The van der Waals surface area contributed by atoms with Crippen LogP contribution in [0.15, 0.2) is 109 Å². The summed E-state index contributed by atoms with van der Waals surface area (Å²) in [6.07, 6.45) is 1.84. The van der Waals surface area contributed by atoms with Gasteiger partial charge in [0.1, 0.15) is 11.5 Å². The Morgan fingerprint density at radius 1 is 0.500 bits per heavy atom. The summed E-state index contributed by atoms with van der Waals surface area (Å²) >= 11 is 0. The molecule has 150 valence electrons. The third-order valence-corrected chi connectivity index (χ3v) is 5.71. The molecule has 4 aromatic carbocycles. The van der Waals surface area contributed by atoms with E-state index >= 15 is 0 Å². The maximum Gasteiger partial charge on any atom is 0.115 e. The average molecular weight is 395 g/mol. The largest absolute Gasteiger partial charge is 0.508 e. The number of hydrogen-bond donors (Lipinski definition) is 2. The highest BCUT2D eigenvalue weighted by Crippen LogP contribution is 2.37. The lowest BCUT2D eigenvalue weighted by Gasteiger charge is -2.25. The quantitative estimate of drug-likeness (QED) is 0.368. The fourth-order valence-corrected chi connectivity index (χ4v) is 4.12. The molecule has 0 spiro atoms. The minimum atomic E-state index is 0.217. The molecule has 0 saturated heterocycles. The van der Waals surface area contributed by atoms with Crippen LogP contribution >= 0.6 is 0 Å². The fraction of sp³-hybridized carbons (Fsp3) is 0.143. The molecule has 2 N–H and O–H groups in total. The van der Waals surface area contributed by atoms with Crippen LogP contribution < -0.4 is 0 Å². The van der Waals surface area contributed by atoms with Crippen molar-refractivity contribution < 1.29 is 10.2 Å². The number of phenols is 2. The van der Waals surface area contributed by atoms with E-state index in [9.17, 15) is 10.2 Å². The second kappa shape index (κ2) is 9.32. The van der Waals surface area contributed by atoms with E-state index < -0.39 is 0 Å². The van der Waals surface area contributed by atoms with Crippen molar-refractivity contribution >= 4 is 0 Å². The molecule has 0 aliphatic heterocycles. The highest BCUT2D eigenvalue weighted by molar-refractivity contribution is 5.37. The van der Waals surface area contributed by atoms with Crippen molar-refractivity contribution in [2.24, 2.45) is 0 Å². The summed E-state index contributed by atoms with van der Waals surface area (Å²) in [6, 6.07) is 36.3. The van der Waals surface area contributed by atoms with Gasteiger partial charge in [-0.2, -0.15) is 0 Å². The molecule has 4 rings (SSSR count). The molecular weight excluding hydrogens is 368 g/mol. The van der Waals surface area contributed by atoms with E-state index in [-0.39, 0.29) is 11.7 Å². The predicted molar refractivity (Wildman–Crippen MR) is 122 cm³/mol. The van der Waals surface area contributed by atoms with Crippen molar-refractivity contribution in [2.45, 2.75) is 24.7 Å². The summed E-state index contributed by atoms with van der Waals surface area (Å²) in [7, 11) is 0. The number of phenolic OH excluding ortho intramolecular Hbond substituents is 2. The van der Waals surface area contributed by atoms with Crippen LogP contribution in [0, 0.1) is 0 Å². The summed E-state index contributed by atoms with van der Waals surface area (Å²) in [5.74, 6) is 1.11. The van der Waals surface area contributed by atoms with E-state index in [2.05, 4.69) is 54.6 Å². The van der Waals surface area contributed by atoms with Crippen LogP contribution in [0.1, 0.15) is 40.5 Å². The molecule has 0 fully saturated rings. The zero-order valence-corrected chi connectivity index (χ0v) is 16.9. The normalized spacial score (nSPS) is 12.9. The Morgan fingerprint density at radius 2 is 0.967 bits per heavy atom. The van der Waals surface area contributed by atoms with Crippen molar-refractivity contribution in [1.82, 2.24) is 0 Å². The second-order valence-corrected chi connectivity index (χ2v) is 7.77. The molecule has 30 heavy (non-hydrogen) atoms. The molecule has 0 saturated carbocycles. The van der Waals surface area contributed by atoms with Crippen LogP contribution in [0.25, 0.3) is 0 Å². The number of benzene rings is 4. The third kappa shape index (κ3) is 4.90. The molecule has 2 heteroatoms. The lowest BCUT2D eigenvalue weighted by Crippen LogP contribution is -2.11. The Kier molecular flexibility index (Phi) is 6.14. The number of rotatable bonds is 7. The topological polar surface area (TPSA) is 40.5 Å². The van der Waals surface area contributed by atoms with Gasteiger partial charge in [-0.15, -0.1) is 0 Å². The summed E-state index contributed by atoms with van der Waals surface area (Å²) in [5, 5.41) is 19.4. The van der Waals surface area contributed by atoms with Gasteiger partial charge in [-0.3, -0.25) is 0 Å². The van der Waals surface area contributed by atoms with Crippen molar-refractivity contribution in [3.63, 3.8) is 0 Å². The zero-order valence-electron chi connectivity index (χ0n) is 16.9. The van der Waals surface area contributed by atoms with Gasteiger partial charge in [0.2, 0.25) is 0 Å². The highest BCUT2D eigenvalue weighted by Gasteiger charge is 2.22. The Hall–Kier alpha value is -3.52. The van der Waals surface area contributed by atoms with Crippen LogP contribution in [0.2, 0.25) is 0 Å². The standard InChI is InChI=1S/C28H26O2/c29-26-15-11-21(12-16-26)19-25(22-7-3-1-4-8-22)20-28(23-9-5-2-6-10-23)24-13-17-27(30)18-14-24/h1-18,25,28-30H,19-20H2. The first-order valence-corrected chi connectivity index (χ1v) is 10.4. The predicted octanol–water partition coefficient (Wildman–Crippen LogP) is 6.65. The van der Waals surface area contributed by atoms with Gasteiger partial charge in [-0.25, -0.2) is 0 Å². The number of aromatic hydroxyl groups is 2. The van der Waals surface area contributed by atoms with Gasteiger partial charge < -0.3 is 10.2 Å². The van der Waals surface area contributed by atoms with Crippen molar-refractivity contribution in [2.75, 3.05) is 0 Å². The SMILES string of the molecule is Oc1ccc(CC(CC(c2ccccc2)c2ccc(O)cc2)c2ccccc2)cc1. The highest BCUT2D eigenvalue weighted by atomic mass is 16.3. The van der Waals surface area contributed by atoms with Crippen molar-refractivity contribution in [3.8, 4) is 11.5 Å². The molecule has 0 heterocycles. The molecule has 0 aromatic heterocycles. The lowest BCUT2D eigenvalue weighted by molar-refractivity contribution is 0.473. The minimum Gasteiger partial charge on any atom is -0.508 e. The Labute approximate surface area is 178 Å². The van der Waals surface area contributed by atoms with Crippen LogP contribution in [-0.4, -0.2) is 10.2 Å². The Bertz CT molecular complexity index is 1040. The van der Waals surface area contributed by atoms with Gasteiger partial charge in [-0.05, 0) is 65.3 Å². The van der Waals surface area contributed by atoms with Gasteiger partial charge in [0.15, 0.2) is 0 Å². The summed E-state index contributed by atoms with van der Waals surface area (Å²) in [6.45, 7) is 0. The molecule has 0 bridgehead atoms. The van der Waals surface area contributed by atoms with E-state index in [0.717, 1.165) is 12.8 Å². The number of hydrogen-bond acceptors (Lipinski definition) is 2. The third-order valence-electron chi connectivity index (χ3n) is 5.71. The lowest BCUT2D eigenvalue weighted by atomic mass is 9.79. The van der Waals surface area contributed by atoms with E-state index in [1.165, 1.54) is 22.3 Å². The van der Waals surface area contributed by atoms with Crippen LogP contribution in [0.3, 0.4) is 0 Å². The van der Waals surface area contributed by atoms with Crippen LogP contribution in [0.4, 0.5) is 0 Å². The van der Waals surface area contributed by atoms with Crippen molar-refractivity contribution in [1.29, 1.82) is 0 Å². The molecule has 2 unspecified atom stereocenters. The summed E-state index contributed by atoms with van der Waals surface area (Å²) in [4.78, 5) is 0. The van der Waals surface area contributed by atoms with Gasteiger partial charge in [0.25, 0.3) is 0 Å². The smallest absolute Gasteiger partial charge is 0.115 e. The maximum absolute atomic E-state index is 9.77. The molecule has 2 nitrogen and oxygen atoms in total. The molecule has 4 aromatic rings. The molecule has 0 aliphatic rings. The van der Waals surface area contributed by atoms with Crippen LogP contribution in [0.5, 0.6) is 11.5 Å². The van der Waals surface area contributed by atoms with Gasteiger partial charge >= 0.3 is 0 Å². The Balaban J connectivity index is 1.70. The van der Waals surface area contributed by atoms with E-state index in [1.54, 1.807) is 24.3 Å². The van der Waals surface area contributed by atoms with Crippen molar-refractivity contribution in [3.05, 3.63) is 131 Å². The van der Waals surface area contributed by atoms with E-state index in [1.807, 2.05) is 30.3 Å². The first-order chi connectivity index (χ1) is 14.7. The maximum atomic E-state index is 9.77. The van der Waals surface area contributed by atoms with Crippen LogP contribution in [-0.2, 0) is 6.42 Å². The van der Waals surface area contributed by atoms with Gasteiger partial charge in [0, 0.05) is 5.92 Å². The second-order valence-electron chi connectivity index (χ2n) is 7.77.